The van der Waals surface area contributed by atoms with Crippen molar-refractivity contribution in [3.8, 4) is 0 Å². The van der Waals surface area contributed by atoms with Crippen LogP contribution in [0.25, 0.3) is 0 Å². The van der Waals surface area contributed by atoms with E-state index >= 15 is 0 Å². The third-order valence-corrected chi connectivity index (χ3v) is 3.94. The number of aryl methyl sites for hydroxylation is 1. The van der Waals surface area contributed by atoms with Crippen LogP contribution in [-0.2, 0) is 6.42 Å². The second kappa shape index (κ2) is 4.67. The summed E-state index contributed by atoms with van der Waals surface area (Å²) >= 11 is 0. The van der Waals surface area contributed by atoms with Crippen LogP contribution in [0.5, 0.6) is 0 Å². The smallest absolute Gasteiger partial charge is 0.0470 e. The van der Waals surface area contributed by atoms with E-state index in [0.29, 0.717) is 6.04 Å². The molecule has 1 atom stereocenters. The molecule has 0 saturated carbocycles. The molecule has 3 N–H and O–H groups in total. The molecule has 92 valence electrons. The number of anilines is 1. The van der Waals surface area contributed by atoms with Gasteiger partial charge in [0.25, 0.3) is 0 Å². The highest BCUT2D eigenvalue weighted by atomic mass is 15.5. The van der Waals surface area contributed by atoms with Crippen LogP contribution in [0.4, 0.5) is 5.69 Å². The van der Waals surface area contributed by atoms with Crippen molar-refractivity contribution < 1.29 is 0 Å². The van der Waals surface area contributed by atoms with Gasteiger partial charge in [0.05, 0.1) is 0 Å². The van der Waals surface area contributed by atoms with Gasteiger partial charge in [0.15, 0.2) is 0 Å². The van der Waals surface area contributed by atoms with Crippen molar-refractivity contribution in [1.29, 1.82) is 0 Å². The molecule has 3 rings (SSSR count). The van der Waals surface area contributed by atoms with E-state index in [9.17, 15) is 0 Å². The molecule has 1 saturated heterocycles. The summed E-state index contributed by atoms with van der Waals surface area (Å²) in [7, 11) is 0. The second-order valence-electron chi connectivity index (χ2n) is 5.23. The molecule has 1 aromatic rings. The van der Waals surface area contributed by atoms with Gasteiger partial charge >= 0.3 is 0 Å². The minimum absolute atomic E-state index is 0.503. The number of piperidine rings is 1. The van der Waals surface area contributed by atoms with Crippen molar-refractivity contribution in [2.75, 3.05) is 18.8 Å². The van der Waals surface area contributed by atoms with Gasteiger partial charge in [0.2, 0.25) is 0 Å². The van der Waals surface area contributed by atoms with Crippen LogP contribution in [0.2, 0.25) is 0 Å². The molecule has 0 amide bonds. The Kier molecular flexibility index (Phi) is 3.04. The van der Waals surface area contributed by atoms with Crippen molar-refractivity contribution in [1.82, 2.24) is 10.4 Å². The maximum atomic E-state index is 5.83. The van der Waals surface area contributed by atoms with E-state index in [1.165, 1.54) is 49.9 Å². The number of nitrogens with two attached hydrogens (primary N) is 1. The lowest BCUT2D eigenvalue weighted by Crippen LogP contribution is -2.43. The molecule has 3 heteroatoms. The number of hydrogen-bond donors (Lipinski definition) is 2. The monoisotopic (exact) mass is 231 g/mol. The Bertz CT molecular complexity index is 396. The zero-order valence-corrected chi connectivity index (χ0v) is 10.3. The summed E-state index contributed by atoms with van der Waals surface area (Å²) in [4.78, 5) is 0. The number of hydrogen-bond acceptors (Lipinski definition) is 3. The van der Waals surface area contributed by atoms with Crippen molar-refractivity contribution in [2.45, 2.75) is 38.1 Å². The molecule has 17 heavy (non-hydrogen) atoms. The molecular formula is C14H21N3. The van der Waals surface area contributed by atoms with E-state index in [2.05, 4.69) is 22.6 Å². The number of fused-ring (bicyclic) bond motifs is 1. The van der Waals surface area contributed by atoms with Crippen LogP contribution in [0.1, 0.15) is 42.9 Å². The summed E-state index contributed by atoms with van der Waals surface area (Å²) in [5.41, 5.74) is 13.3. The number of nitrogens with zero attached hydrogens (tertiary/aromatic N) is 1. The van der Waals surface area contributed by atoms with Gasteiger partial charge in [0.1, 0.15) is 0 Å². The minimum atomic E-state index is 0.503. The Morgan fingerprint density at radius 3 is 2.82 bits per heavy atom. The van der Waals surface area contributed by atoms with Crippen molar-refractivity contribution in [3.05, 3.63) is 29.3 Å². The van der Waals surface area contributed by atoms with E-state index in [1.54, 1.807) is 0 Å². The SMILES string of the molecule is Nc1ccc2c(c1)CCC2NN1CCCCC1. The summed E-state index contributed by atoms with van der Waals surface area (Å²) in [6, 6.07) is 6.85. The highest BCUT2D eigenvalue weighted by Gasteiger charge is 2.24. The molecule has 1 heterocycles. The van der Waals surface area contributed by atoms with Crippen molar-refractivity contribution in [2.24, 2.45) is 0 Å². The van der Waals surface area contributed by atoms with Crippen LogP contribution in [-0.4, -0.2) is 18.1 Å². The molecule has 0 aromatic heterocycles. The summed E-state index contributed by atoms with van der Waals surface area (Å²) < 4.78 is 0. The summed E-state index contributed by atoms with van der Waals surface area (Å²) in [6.45, 7) is 2.39. The lowest BCUT2D eigenvalue weighted by Gasteiger charge is -2.30. The maximum absolute atomic E-state index is 5.83. The fourth-order valence-electron chi connectivity index (χ4n) is 3.01. The van der Waals surface area contributed by atoms with Crippen LogP contribution < -0.4 is 11.2 Å². The lowest BCUT2D eigenvalue weighted by molar-refractivity contribution is 0.128. The summed E-state index contributed by atoms with van der Waals surface area (Å²) in [5, 5.41) is 2.40. The van der Waals surface area contributed by atoms with Crippen LogP contribution in [0, 0.1) is 0 Å². The van der Waals surface area contributed by atoms with Gasteiger partial charge in [-0.3, -0.25) is 0 Å². The molecule has 1 aliphatic carbocycles. The molecule has 1 unspecified atom stereocenters. The largest absolute Gasteiger partial charge is 0.399 e. The first kappa shape index (κ1) is 11.1. The second-order valence-corrected chi connectivity index (χ2v) is 5.23. The van der Waals surface area contributed by atoms with Gasteiger partial charge in [-0.25, -0.2) is 10.4 Å². The van der Waals surface area contributed by atoms with Gasteiger partial charge in [-0.1, -0.05) is 12.5 Å². The summed E-state index contributed by atoms with van der Waals surface area (Å²) in [5.74, 6) is 0. The van der Waals surface area contributed by atoms with Crippen molar-refractivity contribution >= 4 is 5.69 Å². The number of benzene rings is 1. The zero-order valence-electron chi connectivity index (χ0n) is 10.3. The van der Waals surface area contributed by atoms with E-state index in [-0.39, 0.29) is 0 Å². The number of hydrazine groups is 1. The minimum Gasteiger partial charge on any atom is -0.399 e. The topological polar surface area (TPSA) is 41.3 Å². The molecule has 1 aliphatic heterocycles. The quantitative estimate of drug-likeness (QED) is 0.767. The number of nitrogens with one attached hydrogen (secondary N) is 1. The number of rotatable bonds is 2. The van der Waals surface area contributed by atoms with E-state index in [1.807, 2.05) is 6.07 Å². The normalized spacial score (nSPS) is 24.8. The first-order chi connectivity index (χ1) is 8.33. The van der Waals surface area contributed by atoms with E-state index in [0.717, 1.165) is 12.1 Å². The molecule has 3 nitrogen and oxygen atoms in total. The van der Waals surface area contributed by atoms with Crippen LogP contribution in [0.3, 0.4) is 0 Å². The van der Waals surface area contributed by atoms with Crippen molar-refractivity contribution in [3.63, 3.8) is 0 Å². The predicted molar refractivity (Wildman–Crippen MR) is 70.5 cm³/mol. The zero-order chi connectivity index (χ0) is 11.7. The van der Waals surface area contributed by atoms with Gasteiger partial charge in [-0.05, 0) is 48.9 Å². The third-order valence-electron chi connectivity index (χ3n) is 3.94. The molecule has 0 spiro atoms. The Morgan fingerprint density at radius 1 is 1.18 bits per heavy atom. The predicted octanol–water partition coefficient (Wildman–Crippen LogP) is 2.25. The van der Waals surface area contributed by atoms with Crippen LogP contribution >= 0.6 is 0 Å². The fourth-order valence-corrected chi connectivity index (χ4v) is 3.01. The van der Waals surface area contributed by atoms with E-state index < -0.39 is 0 Å². The maximum Gasteiger partial charge on any atom is 0.0470 e. The Balaban J connectivity index is 1.70. The molecule has 0 bridgehead atoms. The van der Waals surface area contributed by atoms with Gasteiger partial charge in [-0.2, -0.15) is 0 Å². The standard InChI is InChI=1S/C14H21N3/c15-12-5-6-13-11(10-12)4-7-14(13)16-17-8-2-1-3-9-17/h5-6,10,14,16H,1-4,7-9,15H2. The van der Waals surface area contributed by atoms with Gasteiger partial charge < -0.3 is 5.73 Å². The Morgan fingerprint density at radius 2 is 2.00 bits per heavy atom. The average Bonchev–Trinajstić information content (AvgIpc) is 2.73. The first-order valence-corrected chi connectivity index (χ1v) is 6.72. The van der Waals surface area contributed by atoms with Crippen LogP contribution in [0.15, 0.2) is 18.2 Å². The van der Waals surface area contributed by atoms with E-state index in [4.69, 9.17) is 5.73 Å². The average molecular weight is 231 g/mol. The van der Waals surface area contributed by atoms with Gasteiger partial charge in [-0.15, -0.1) is 0 Å². The summed E-state index contributed by atoms with van der Waals surface area (Å²) in [6.07, 6.45) is 6.40. The Hall–Kier alpha value is -1.06. The molecule has 0 radical (unpaired) electrons. The lowest BCUT2D eigenvalue weighted by atomic mass is 10.1. The molecule has 1 aromatic carbocycles. The first-order valence-electron chi connectivity index (χ1n) is 6.72. The third kappa shape index (κ3) is 2.31. The molecular weight excluding hydrogens is 210 g/mol. The van der Waals surface area contributed by atoms with Gasteiger partial charge in [0, 0.05) is 24.8 Å². The highest BCUT2D eigenvalue weighted by Crippen LogP contribution is 2.32. The number of nitrogen functional groups attached to an aromatic ring is 1. The molecule has 1 fully saturated rings. The fraction of sp³-hybridized carbons (Fsp3) is 0.571. The molecule has 2 aliphatic rings. The highest BCUT2D eigenvalue weighted by molar-refractivity contribution is 5.47. The Labute approximate surface area is 103 Å².